The van der Waals surface area contributed by atoms with Crippen molar-refractivity contribution in [3.63, 3.8) is 0 Å². The summed E-state index contributed by atoms with van der Waals surface area (Å²) in [7, 11) is -11.6. The molecule has 2 saturated carbocycles. The summed E-state index contributed by atoms with van der Waals surface area (Å²) in [5.74, 6) is -7.53. The first-order valence-corrected chi connectivity index (χ1v) is 12.6. The zero-order chi connectivity index (χ0) is 26.1. The number of halogens is 5. The number of esters is 2. The van der Waals surface area contributed by atoms with E-state index in [0.717, 1.165) is 0 Å². The highest BCUT2D eigenvalue weighted by Crippen LogP contribution is 2.59. The molecular weight excluding hydrogens is 535 g/mol. The minimum absolute atomic E-state index is 0.0178. The fraction of sp³-hybridized carbons (Fsp3) is 0.556. The molecule has 0 amide bonds. The van der Waals surface area contributed by atoms with Gasteiger partial charge in [0.05, 0.1) is 11.5 Å². The SMILES string of the molecule is O=C(OC1C2CC3C1OS(=O)(=O)C3C2C(=O)OC(C(F)(F)F)C(F)(F)S(=O)(=O)[O-])c1ccccc1. The molecule has 2 aliphatic carbocycles. The minimum Gasteiger partial charge on any atom is -0.743 e. The highest BCUT2D eigenvalue weighted by Gasteiger charge is 2.73. The van der Waals surface area contributed by atoms with Crippen LogP contribution < -0.4 is 0 Å². The molecule has 1 heterocycles. The van der Waals surface area contributed by atoms with Gasteiger partial charge in [-0.2, -0.15) is 30.4 Å². The van der Waals surface area contributed by atoms with Crippen LogP contribution in [0.3, 0.4) is 0 Å². The van der Waals surface area contributed by atoms with Crippen molar-refractivity contribution < 1.29 is 66.6 Å². The number of alkyl halides is 5. The van der Waals surface area contributed by atoms with Crippen LogP contribution in [0.1, 0.15) is 16.8 Å². The summed E-state index contributed by atoms with van der Waals surface area (Å²) in [6.07, 6.45) is -13.8. The molecular formula is C18H14F5O10S2-. The number of benzene rings is 1. The van der Waals surface area contributed by atoms with Crippen molar-refractivity contribution in [1.82, 2.24) is 0 Å². The summed E-state index contributed by atoms with van der Waals surface area (Å²) in [5, 5.41) is -7.91. The Balaban J connectivity index is 1.65. The van der Waals surface area contributed by atoms with Crippen molar-refractivity contribution in [3.05, 3.63) is 35.9 Å². The van der Waals surface area contributed by atoms with Crippen LogP contribution in [0.25, 0.3) is 0 Å². The summed E-state index contributed by atoms with van der Waals surface area (Å²) in [6, 6.07) is 7.22. The van der Waals surface area contributed by atoms with E-state index in [1.165, 1.54) is 24.3 Å². The summed E-state index contributed by atoms with van der Waals surface area (Å²) < 4.78 is 138. The fourth-order valence-electron chi connectivity index (χ4n) is 4.87. The molecule has 1 saturated heterocycles. The van der Waals surface area contributed by atoms with Crippen molar-refractivity contribution in [2.45, 2.75) is 41.4 Å². The minimum atomic E-state index is -6.95. The first-order valence-electron chi connectivity index (χ1n) is 9.75. The number of fused-ring (bicyclic) bond motifs is 1. The molecule has 17 heteroatoms. The molecule has 194 valence electrons. The molecule has 2 bridgehead atoms. The average molecular weight is 549 g/mol. The van der Waals surface area contributed by atoms with E-state index in [4.69, 9.17) is 8.92 Å². The average Bonchev–Trinajstić information content (AvgIpc) is 3.33. The molecule has 10 nitrogen and oxygen atoms in total. The Hall–Kier alpha value is -2.37. The molecule has 3 fully saturated rings. The molecule has 1 aromatic rings. The van der Waals surface area contributed by atoms with Crippen molar-refractivity contribution in [2.75, 3.05) is 0 Å². The second-order valence-electron chi connectivity index (χ2n) is 8.22. The summed E-state index contributed by atoms with van der Waals surface area (Å²) in [5.41, 5.74) is 0.0178. The highest BCUT2D eigenvalue weighted by molar-refractivity contribution is 7.87. The van der Waals surface area contributed by atoms with Gasteiger partial charge in [0.15, 0.2) is 10.1 Å². The van der Waals surface area contributed by atoms with Crippen LogP contribution in [-0.4, -0.2) is 68.3 Å². The molecule has 3 aliphatic rings. The Morgan fingerprint density at radius 3 is 2.23 bits per heavy atom. The third kappa shape index (κ3) is 4.17. The van der Waals surface area contributed by atoms with Gasteiger partial charge in [-0.05, 0) is 18.6 Å². The van der Waals surface area contributed by atoms with Gasteiger partial charge in [-0.3, -0.25) is 8.98 Å². The topological polar surface area (TPSA) is 153 Å². The van der Waals surface area contributed by atoms with E-state index in [1.54, 1.807) is 6.07 Å². The van der Waals surface area contributed by atoms with Crippen molar-refractivity contribution in [3.8, 4) is 0 Å². The predicted octanol–water partition coefficient (Wildman–Crippen LogP) is 1.19. The smallest absolute Gasteiger partial charge is 0.432 e. The summed E-state index contributed by atoms with van der Waals surface area (Å²) in [6.45, 7) is 0. The third-order valence-electron chi connectivity index (χ3n) is 6.22. The Labute approximate surface area is 194 Å². The number of carbonyl (C=O) groups excluding carboxylic acids is 2. The first-order chi connectivity index (χ1) is 16.0. The van der Waals surface area contributed by atoms with E-state index in [1.807, 2.05) is 0 Å². The van der Waals surface area contributed by atoms with Crippen LogP contribution in [0.5, 0.6) is 0 Å². The Morgan fingerprint density at radius 1 is 1.09 bits per heavy atom. The normalized spacial score (nSPS) is 32.3. The third-order valence-corrected chi connectivity index (χ3v) is 8.90. The van der Waals surface area contributed by atoms with Gasteiger partial charge in [-0.1, -0.05) is 18.2 Å². The van der Waals surface area contributed by atoms with E-state index in [9.17, 15) is 52.9 Å². The molecule has 1 aliphatic heterocycles. The quantitative estimate of drug-likeness (QED) is 0.219. The number of ether oxygens (including phenoxy) is 2. The van der Waals surface area contributed by atoms with E-state index < -0.39 is 84.9 Å². The largest absolute Gasteiger partial charge is 0.743 e. The Kier molecular flexibility index (Phi) is 5.93. The lowest BCUT2D eigenvalue weighted by molar-refractivity contribution is -0.261. The molecule has 0 spiro atoms. The van der Waals surface area contributed by atoms with Gasteiger partial charge in [-0.25, -0.2) is 13.2 Å². The molecule has 0 N–H and O–H groups in total. The number of hydrogen-bond acceptors (Lipinski definition) is 10. The summed E-state index contributed by atoms with van der Waals surface area (Å²) >= 11 is 0. The zero-order valence-electron chi connectivity index (χ0n) is 16.9. The van der Waals surface area contributed by atoms with Crippen LogP contribution in [0, 0.1) is 17.8 Å². The molecule has 4 rings (SSSR count). The zero-order valence-corrected chi connectivity index (χ0v) is 18.6. The van der Waals surface area contributed by atoms with E-state index in [-0.39, 0.29) is 12.0 Å². The molecule has 0 radical (unpaired) electrons. The van der Waals surface area contributed by atoms with E-state index >= 15 is 0 Å². The number of hydrogen-bond donors (Lipinski definition) is 0. The maximum absolute atomic E-state index is 13.8. The summed E-state index contributed by atoms with van der Waals surface area (Å²) in [4.78, 5) is 25.1. The standard InChI is InChI=1S/C18H15F5O10S2/c19-17(20,21)16(18(22,23)35(28,29)30)32-15(25)10-8-6-9-12(33-34(26,27)13(9)10)11(8)31-14(24)7-4-2-1-3-5-7/h1-5,8-13,16H,6H2,(H,28,29,30)/p-1. The van der Waals surface area contributed by atoms with E-state index in [2.05, 4.69) is 4.74 Å². The lowest BCUT2D eigenvalue weighted by atomic mass is 9.84. The first kappa shape index (κ1) is 25.7. The number of rotatable bonds is 6. The molecule has 7 atom stereocenters. The molecule has 0 aromatic heterocycles. The van der Waals surface area contributed by atoms with Crippen LogP contribution in [0.4, 0.5) is 22.0 Å². The fourth-order valence-corrected chi connectivity index (χ4v) is 7.37. The Bertz CT molecular complexity index is 1250. The van der Waals surface area contributed by atoms with Gasteiger partial charge in [-0.15, -0.1) is 0 Å². The van der Waals surface area contributed by atoms with Gasteiger partial charge in [0.1, 0.15) is 17.5 Å². The lowest BCUT2D eigenvalue weighted by Crippen LogP contribution is -2.54. The van der Waals surface area contributed by atoms with E-state index in [0.29, 0.717) is 0 Å². The van der Waals surface area contributed by atoms with Gasteiger partial charge in [0.2, 0.25) is 0 Å². The second kappa shape index (κ2) is 8.07. The molecule has 35 heavy (non-hydrogen) atoms. The highest BCUT2D eigenvalue weighted by atomic mass is 32.2. The van der Waals surface area contributed by atoms with Gasteiger partial charge in [0, 0.05) is 11.8 Å². The van der Waals surface area contributed by atoms with Crippen molar-refractivity contribution in [1.29, 1.82) is 0 Å². The van der Waals surface area contributed by atoms with Crippen LogP contribution in [0.2, 0.25) is 0 Å². The van der Waals surface area contributed by atoms with Gasteiger partial charge < -0.3 is 14.0 Å². The van der Waals surface area contributed by atoms with Crippen molar-refractivity contribution >= 4 is 32.2 Å². The van der Waals surface area contributed by atoms with Crippen LogP contribution in [-0.2, 0) is 38.7 Å². The Morgan fingerprint density at radius 2 is 1.69 bits per heavy atom. The molecule has 1 aromatic carbocycles. The number of carbonyl (C=O) groups is 2. The second-order valence-corrected chi connectivity index (χ2v) is 11.4. The predicted molar refractivity (Wildman–Crippen MR) is 98.9 cm³/mol. The maximum atomic E-state index is 13.8. The molecule has 7 unspecified atom stereocenters. The maximum Gasteiger partial charge on any atom is 0.432 e. The van der Waals surface area contributed by atoms with Crippen LogP contribution in [0.15, 0.2) is 30.3 Å². The van der Waals surface area contributed by atoms with Crippen LogP contribution >= 0.6 is 0 Å². The monoisotopic (exact) mass is 549 g/mol. The van der Waals surface area contributed by atoms with Crippen molar-refractivity contribution in [2.24, 2.45) is 17.8 Å². The lowest BCUT2D eigenvalue weighted by Gasteiger charge is -2.33. The van der Waals surface area contributed by atoms with Gasteiger partial charge in [0.25, 0.3) is 16.2 Å². The van der Waals surface area contributed by atoms with Gasteiger partial charge >= 0.3 is 23.4 Å².